The number of hydrogen-bond acceptors (Lipinski definition) is 2. The van der Waals surface area contributed by atoms with Crippen molar-refractivity contribution in [2.24, 2.45) is 0 Å². The van der Waals surface area contributed by atoms with E-state index in [9.17, 15) is 9.90 Å². The zero-order valence-corrected chi connectivity index (χ0v) is 11.9. The van der Waals surface area contributed by atoms with E-state index >= 15 is 0 Å². The molecule has 1 aliphatic heterocycles. The topological polar surface area (TPSA) is 43.4 Å². The maximum atomic E-state index is 11.0. The predicted molar refractivity (Wildman–Crippen MR) is 49.2 cm³/mol. The van der Waals surface area contributed by atoms with Gasteiger partial charge in [0, 0.05) is 11.1 Å². The molecule has 0 N–H and O–H groups in total. The van der Waals surface area contributed by atoms with Crippen molar-refractivity contribution >= 4 is 6.09 Å². The van der Waals surface area contributed by atoms with Gasteiger partial charge in [-0.15, -0.1) is 0 Å². The van der Waals surface area contributed by atoms with Crippen molar-refractivity contribution in [3.05, 3.63) is 0 Å². The first-order valence-corrected chi connectivity index (χ1v) is 4.79. The Labute approximate surface area is 108 Å². The molecular weight excluding hydrogens is 189 g/mol. The number of likely N-dealkylation sites (tertiary alicyclic amines) is 1. The van der Waals surface area contributed by atoms with Crippen molar-refractivity contribution in [3.63, 3.8) is 0 Å². The van der Waals surface area contributed by atoms with Gasteiger partial charge in [-0.1, -0.05) is 0 Å². The molecule has 3 nitrogen and oxygen atoms in total. The molecule has 1 amide bonds. The Hall–Kier alpha value is 0.270. The summed E-state index contributed by atoms with van der Waals surface area (Å²) in [5.74, 6) is 0. The molecule has 0 atom stereocenters. The average molecular weight is 207 g/mol. The molecule has 0 aliphatic carbocycles. The van der Waals surface area contributed by atoms with Crippen LogP contribution in [-0.2, 0) is 0 Å². The fourth-order valence-electron chi connectivity index (χ4n) is 2.49. The van der Waals surface area contributed by atoms with Gasteiger partial charge in [0.1, 0.15) is 6.09 Å². The Morgan fingerprint density at radius 2 is 1.50 bits per heavy atom. The number of rotatable bonds is 0. The van der Waals surface area contributed by atoms with Crippen LogP contribution >= 0.6 is 0 Å². The summed E-state index contributed by atoms with van der Waals surface area (Å²) in [7, 11) is 0. The SMILES string of the molecule is CC1(C)CCCC(C)(C)N1C(=O)[O-].[Na+]. The quantitative estimate of drug-likeness (QED) is 0.448. The van der Waals surface area contributed by atoms with Crippen LogP contribution in [0.5, 0.6) is 0 Å². The molecule has 14 heavy (non-hydrogen) atoms. The maximum absolute atomic E-state index is 11.0. The van der Waals surface area contributed by atoms with Gasteiger partial charge in [0.15, 0.2) is 0 Å². The largest absolute Gasteiger partial charge is 1.00 e. The summed E-state index contributed by atoms with van der Waals surface area (Å²) in [4.78, 5) is 12.5. The minimum absolute atomic E-state index is 0. The first-order chi connectivity index (χ1) is 5.77. The number of hydrogen-bond donors (Lipinski definition) is 0. The summed E-state index contributed by atoms with van der Waals surface area (Å²) in [6.07, 6.45) is 1.88. The third kappa shape index (κ3) is 2.65. The minimum Gasteiger partial charge on any atom is -0.530 e. The Morgan fingerprint density at radius 1 is 1.14 bits per heavy atom. The number of carboxylic acid groups (broad SMARTS) is 1. The van der Waals surface area contributed by atoms with Crippen LogP contribution in [0, 0.1) is 0 Å². The van der Waals surface area contributed by atoms with Crippen molar-refractivity contribution < 1.29 is 39.5 Å². The van der Waals surface area contributed by atoms with E-state index in [1.54, 1.807) is 0 Å². The standard InChI is InChI=1S/C10H19NO2.Na/c1-9(2)6-5-7-10(3,4)11(9)8(12)13;/h5-7H2,1-4H3,(H,12,13);/q;+1/p-1. The molecule has 1 rings (SSSR count). The third-order valence-corrected chi connectivity index (χ3v) is 2.97. The van der Waals surface area contributed by atoms with Crippen molar-refractivity contribution in [1.29, 1.82) is 0 Å². The fraction of sp³-hybridized carbons (Fsp3) is 0.900. The molecule has 0 spiro atoms. The van der Waals surface area contributed by atoms with E-state index in [0.29, 0.717) is 0 Å². The average Bonchev–Trinajstić information content (AvgIpc) is 1.79. The second-order valence-electron chi connectivity index (χ2n) is 5.08. The van der Waals surface area contributed by atoms with E-state index < -0.39 is 6.09 Å². The Kier molecular flexibility index (Phi) is 4.50. The Morgan fingerprint density at radius 3 is 1.71 bits per heavy atom. The van der Waals surface area contributed by atoms with Gasteiger partial charge in [-0.2, -0.15) is 0 Å². The van der Waals surface area contributed by atoms with Crippen molar-refractivity contribution in [2.45, 2.75) is 58.0 Å². The fourth-order valence-corrected chi connectivity index (χ4v) is 2.49. The molecule has 1 saturated heterocycles. The molecule has 0 bridgehead atoms. The van der Waals surface area contributed by atoms with Crippen LogP contribution in [0.15, 0.2) is 0 Å². The van der Waals surface area contributed by atoms with E-state index in [-0.39, 0.29) is 40.6 Å². The van der Waals surface area contributed by atoms with E-state index in [1.807, 2.05) is 27.7 Å². The minimum atomic E-state index is -1.05. The van der Waals surface area contributed by atoms with Crippen molar-refractivity contribution in [2.75, 3.05) is 0 Å². The number of piperidine rings is 1. The maximum Gasteiger partial charge on any atom is 1.00 e. The molecule has 0 aromatic heterocycles. The zero-order chi connectivity index (χ0) is 10.3. The van der Waals surface area contributed by atoms with Crippen LogP contribution in [-0.4, -0.2) is 22.1 Å². The van der Waals surface area contributed by atoms with Crippen molar-refractivity contribution in [3.8, 4) is 0 Å². The van der Waals surface area contributed by atoms with Crippen LogP contribution in [0.2, 0.25) is 0 Å². The number of carbonyl (C=O) groups excluding carboxylic acids is 1. The summed E-state index contributed by atoms with van der Waals surface area (Å²) >= 11 is 0. The monoisotopic (exact) mass is 207 g/mol. The van der Waals surface area contributed by atoms with Gasteiger partial charge in [-0.05, 0) is 47.0 Å². The van der Waals surface area contributed by atoms with Crippen LogP contribution in [0.4, 0.5) is 4.79 Å². The van der Waals surface area contributed by atoms with Crippen LogP contribution in [0.25, 0.3) is 0 Å². The summed E-state index contributed by atoms with van der Waals surface area (Å²) in [6, 6.07) is 0. The van der Waals surface area contributed by atoms with Gasteiger partial charge >= 0.3 is 29.6 Å². The van der Waals surface area contributed by atoms with Crippen LogP contribution in [0.1, 0.15) is 47.0 Å². The Bertz CT molecular complexity index is 210. The number of carbonyl (C=O) groups is 1. The van der Waals surface area contributed by atoms with Gasteiger partial charge in [0.2, 0.25) is 0 Å². The Balaban J connectivity index is 0.00000169. The molecule has 4 heteroatoms. The van der Waals surface area contributed by atoms with Gasteiger partial charge in [-0.3, -0.25) is 0 Å². The molecule has 0 aromatic rings. The second kappa shape index (κ2) is 4.42. The summed E-state index contributed by atoms with van der Waals surface area (Å²) in [5, 5.41) is 11.0. The number of amides is 1. The molecule has 0 radical (unpaired) electrons. The van der Waals surface area contributed by atoms with E-state index in [0.717, 1.165) is 19.3 Å². The van der Waals surface area contributed by atoms with E-state index in [4.69, 9.17) is 0 Å². The summed E-state index contributed by atoms with van der Waals surface area (Å²) in [5.41, 5.74) is -0.554. The first-order valence-electron chi connectivity index (χ1n) is 4.79. The van der Waals surface area contributed by atoms with Gasteiger partial charge < -0.3 is 14.8 Å². The van der Waals surface area contributed by atoms with E-state index in [2.05, 4.69) is 0 Å². The molecule has 76 valence electrons. The normalized spacial score (nSPS) is 23.9. The molecule has 1 fully saturated rings. The molecule has 0 unspecified atom stereocenters. The summed E-state index contributed by atoms with van der Waals surface area (Å²) < 4.78 is 0. The molecule has 1 aliphatic rings. The summed E-state index contributed by atoms with van der Waals surface area (Å²) in [6.45, 7) is 7.85. The first kappa shape index (κ1) is 14.3. The third-order valence-electron chi connectivity index (χ3n) is 2.97. The second-order valence-corrected chi connectivity index (χ2v) is 5.08. The van der Waals surface area contributed by atoms with E-state index in [1.165, 1.54) is 4.90 Å². The van der Waals surface area contributed by atoms with Crippen molar-refractivity contribution in [1.82, 2.24) is 4.90 Å². The zero-order valence-electron chi connectivity index (χ0n) is 9.89. The molecule has 0 saturated carbocycles. The van der Waals surface area contributed by atoms with Crippen LogP contribution < -0.4 is 34.7 Å². The smallest absolute Gasteiger partial charge is 0.530 e. The van der Waals surface area contributed by atoms with Gasteiger partial charge in [-0.25, -0.2) is 0 Å². The van der Waals surface area contributed by atoms with Crippen LogP contribution in [0.3, 0.4) is 0 Å². The van der Waals surface area contributed by atoms with Gasteiger partial charge in [0.05, 0.1) is 0 Å². The molecular formula is C10H18NNaO2. The number of nitrogens with zero attached hydrogens (tertiary/aromatic N) is 1. The molecule has 0 aromatic carbocycles. The van der Waals surface area contributed by atoms with Gasteiger partial charge in [0.25, 0.3) is 0 Å². The predicted octanol–water partition coefficient (Wildman–Crippen LogP) is -1.62. The molecule has 1 heterocycles.